The Morgan fingerprint density at radius 1 is 0.857 bits per heavy atom. The summed E-state index contributed by atoms with van der Waals surface area (Å²) in [6.07, 6.45) is 2.51. The molecule has 3 aromatic carbocycles. The van der Waals surface area contributed by atoms with Crippen LogP contribution in [0.2, 0.25) is 0 Å². The molecule has 0 saturated carbocycles. The van der Waals surface area contributed by atoms with Crippen molar-refractivity contribution in [3.63, 3.8) is 0 Å². The topological polar surface area (TPSA) is 12.5 Å². The first-order chi connectivity index (χ1) is 13.9. The molecule has 1 fully saturated rings. The van der Waals surface area contributed by atoms with Gasteiger partial charge in [0.15, 0.2) is 0 Å². The maximum absolute atomic E-state index is 6.06. The van der Waals surface area contributed by atoms with Gasteiger partial charge in [0.05, 0.1) is 0 Å². The summed E-state index contributed by atoms with van der Waals surface area (Å²) in [7, 11) is 0. The van der Waals surface area contributed by atoms with Crippen molar-refractivity contribution in [2.45, 2.75) is 32.0 Å². The summed E-state index contributed by atoms with van der Waals surface area (Å²) in [5.41, 5.74) is 2.73. The summed E-state index contributed by atoms with van der Waals surface area (Å²) >= 11 is 0.358. The van der Waals surface area contributed by atoms with E-state index in [0.717, 1.165) is 13.2 Å². The third-order valence-corrected chi connectivity index (χ3v) is 7.60. The Labute approximate surface area is 174 Å². The molecule has 3 heteroatoms. The van der Waals surface area contributed by atoms with Crippen molar-refractivity contribution in [1.82, 2.24) is 4.90 Å². The fourth-order valence-electron chi connectivity index (χ4n) is 3.75. The van der Waals surface area contributed by atoms with E-state index in [9.17, 15) is 0 Å². The van der Waals surface area contributed by atoms with Gasteiger partial charge in [-0.15, -0.1) is 0 Å². The molecule has 144 valence electrons. The molecule has 28 heavy (non-hydrogen) atoms. The molecular formula is C25H27NOSe. The van der Waals surface area contributed by atoms with Crippen LogP contribution in [0.4, 0.5) is 0 Å². The summed E-state index contributed by atoms with van der Waals surface area (Å²) in [5.74, 6) is 0. The van der Waals surface area contributed by atoms with Gasteiger partial charge in [-0.1, -0.05) is 0 Å². The van der Waals surface area contributed by atoms with E-state index in [-0.39, 0.29) is 0 Å². The van der Waals surface area contributed by atoms with Crippen LogP contribution in [-0.2, 0) is 17.9 Å². The summed E-state index contributed by atoms with van der Waals surface area (Å²) in [6.45, 7) is 3.73. The van der Waals surface area contributed by atoms with Crippen molar-refractivity contribution in [3.05, 3.63) is 96.1 Å². The normalized spacial score (nSPS) is 17.1. The van der Waals surface area contributed by atoms with Crippen molar-refractivity contribution >= 4 is 23.9 Å². The van der Waals surface area contributed by atoms with Gasteiger partial charge in [-0.3, -0.25) is 0 Å². The van der Waals surface area contributed by atoms with Crippen molar-refractivity contribution in [3.8, 4) is 0 Å². The monoisotopic (exact) mass is 437 g/mol. The van der Waals surface area contributed by atoms with Crippen molar-refractivity contribution in [1.29, 1.82) is 0 Å². The number of benzene rings is 3. The second-order valence-corrected chi connectivity index (χ2v) is 9.63. The number of likely N-dealkylation sites (tertiary alicyclic amines) is 1. The fraction of sp³-hybridized carbons (Fsp3) is 0.280. The van der Waals surface area contributed by atoms with E-state index in [1.165, 1.54) is 39.4 Å². The van der Waals surface area contributed by atoms with E-state index in [1.807, 2.05) is 0 Å². The van der Waals surface area contributed by atoms with Gasteiger partial charge in [-0.25, -0.2) is 0 Å². The van der Waals surface area contributed by atoms with Gasteiger partial charge in [-0.2, -0.15) is 0 Å². The van der Waals surface area contributed by atoms with Crippen molar-refractivity contribution < 1.29 is 4.74 Å². The molecule has 0 spiro atoms. The first-order valence-corrected chi connectivity index (χ1v) is 11.8. The predicted molar refractivity (Wildman–Crippen MR) is 117 cm³/mol. The molecule has 1 aliphatic heterocycles. The average Bonchev–Trinajstić information content (AvgIpc) is 3.18. The molecule has 1 saturated heterocycles. The van der Waals surface area contributed by atoms with Crippen LogP contribution in [0.1, 0.15) is 24.0 Å². The fourth-order valence-corrected chi connectivity index (χ4v) is 5.76. The Hall–Kier alpha value is -1.90. The SMILES string of the molecule is c1ccc(COC[C@@H]2CCCN2Cc2ccccc2[Se]c2ccccc2)cc1. The predicted octanol–water partition coefficient (Wildman–Crippen LogP) is 3.52. The van der Waals surface area contributed by atoms with Gasteiger partial charge < -0.3 is 0 Å². The summed E-state index contributed by atoms with van der Waals surface area (Å²) in [6, 6.07) is 30.8. The molecule has 1 aliphatic rings. The first-order valence-electron chi connectivity index (χ1n) is 10.0. The maximum atomic E-state index is 6.06. The number of rotatable bonds is 8. The van der Waals surface area contributed by atoms with Crippen LogP contribution in [0.5, 0.6) is 0 Å². The summed E-state index contributed by atoms with van der Waals surface area (Å²) in [4.78, 5) is 2.62. The number of ether oxygens (including phenoxy) is 1. The number of hydrogen-bond acceptors (Lipinski definition) is 2. The zero-order valence-corrected chi connectivity index (χ0v) is 17.9. The standard InChI is InChI=1S/C25H27NOSe/c1-3-10-21(11-4-1)19-27-20-23-13-9-17-26(23)18-22-12-7-8-16-25(22)28-24-14-5-2-6-15-24/h1-8,10-12,14-16,23H,9,13,17-20H2/t23-/m0/s1. The molecule has 1 atom stereocenters. The second-order valence-electron chi connectivity index (χ2n) is 7.29. The van der Waals surface area contributed by atoms with Crippen molar-refractivity contribution in [2.24, 2.45) is 0 Å². The zero-order valence-electron chi connectivity index (χ0n) is 16.2. The van der Waals surface area contributed by atoms with Gasteiger partial charge in [0.2, 0.25) is 0 Å². The molecule has 0 aromatic heterocycles. The summed E-state index contributed by atoms with van der Waals surface area (Å²) in [5, 5.41) is 0. The third kappa shape index (κ3) is 5.33. The second kappa shape index (κ2) is 10.0. The quantitative estimate of drug-likeness (QED) is 0.501. The van der Waals surface area contributed by atoms with Crippen LogP contribution in [0.3, 0.4) is 0 Å². The van der Waals surface area contributed by atoms with E-state index < -0.39 is 0 Å². The van der Waals surface area contributed by atoms with E-state index in [2.05, 4.69) is 89.8 Å². The molecule has 0 unspecified atom stereocenters. The Morgan fingerprint density at radius 2 is 1.57 bits per heavy atom. The molecule has 2 nitrogen and oxygen atoms in total. The van der Waals surface area contributed by atoms with Gasteiger partial charge in [0.25, 0.3) is 0 Å². The molecular weight excluding hydrogens is 409 g/mol. The van der Waals surface area contributed by atoms with E-state index in [1.54, 1.807) is 0 Å². The van der Waals surface area contributed by atoms with Gasteiger partial charge >= 0.3 is 175 Å². The van der Waals surface area contributed by atoms with Crippen LogP contribution < -0.4 is 8.92 Å². The van der Waals surface area contributed by atoms with Crippen LogP contribution in [0.25, 0.3) is 0 Å². The molecule has 1 heterocycles. The molecule has 0 radical (unpaired) electrons. The molecule has 0 aliphatic carbocycles. The molecule has 0 bridgehead atoms. The third-order valence-electron chi connectivity index (χ3n) is 5.24. The van der Waals surface area contributed by atoms with Gasteiger partial charge in [0, 0.05) is 0 Å². The van der Waals surface area contributed by atoms with Gasteiger partial charge in [-0.05, 0) is 0 Å². The van der Waals surface area contributed by atoms with Crippen LogP contribution in [-0.4, -0.2) is 39.1 Å². The Balaban J connectivity index is 1.36. The molecule has 0 amide bonds. The number of hydrogen-bond donors (Lipinski definition) is 0. The minimum atomic E-state index is 0.358. The van der Waals surface area contributed by atoms with Crippen LogP contribution in [0.15, 0.2) is 84.9 Å². The first kappa shape index (κ1) is 19.4. The Morgan fingerprint density at radius 3 is 2.39 bits per heavy atom. The molecule has 3 aromatic rings. The van der Waals surface area contributed by atoms with Crippen LogP contribution >= 0.6 is 0 Å². The van der Waals surface area contributed by atoms with E-state index >= 15 is 0 Å². The Bertz CT molecular complexity index is 853. The minimum absolute atomic E-state index is 0.358. The zero-order chi connectivity index (χ0) is 19.0. The number of nitrogens with zero attached hydrogens (tertiary/aromatic N) is 1. The Kier molecular flexibility index (Phi) is 6.96. The van der Waals surface area contributed by atoms with Gasteiger partial charge in [0.1, 0.15) is 0 Å². The molecule has 4 rings (SSSR count). The van der Waals surface area contributed by atoms with E-state index in [4.69, 9.17) is 4.74 Å². The van der Waals surface area contributed by atoms with E-state index in [0.29, 0.717) is 27.6 Å². The van der Waals surface area contributed by atoms with Crippen LogP contribution in [0, 0.1) is 0 Å². The van der Waals surface area contributed by atoms with Crippen molar-refractivity contribution in [2.75, 3.05) is 13.2 Å². The molecule has 0 N–H and O–H groups in total. The summed E-state index contributed by atoms with van der Waals surface area (Å²) < 4.78 is 8.99. The average molecular weight is 436 g/mol.